The van der Waals surface area contributed by atoms with Gasteiger partial charge in [-0.25, -0.2) is 4.79 Å². The summed E-state index contributed by atoms with van der Waals surface area (Å²) in [5.41, 5.74) is -1.50. The van der Waals surface area contributed by atoms with E-state index in [9.17, 15) is 39.3 Å². The number of carbonyl (C=O) groups excluding carboxylic acids is 5. The maximum absolute atomic E-state index is 14.8. The number of thiophene rings is 1. The van der Waals surface area contributed by atoms with Crippen LogP contribution in [0.15, 0.2) is 65.0 Å². The van der Waals surface area contributed by atoms with Crippen LogP contribution in [0.25, 0.3) is 0 Å². The Labute approximate surface area is 370 Å². The molecule has 0 radical (unpaired) electrons. The molecular weight excluding hydrogens is 835 g/mol. The number of morpholine rings is 1. The zero-order chi connectivity index (χ0) is 45.9. The molecular formula is C46H57N3O13S. The number of allylic oxidation sites excluding steroid dienone is 4. The Bertz CT molecular complexity index is 2230. The number of aromatic hydroxyl groups is 1. The number of rotatable bonds is 6. The summed E-state index contributed by atoms with van der Waals surface area (Å²) < 4.78 is 29.5. The minimum Gasteiger partial charge on any atom is -0.507 e. The molecule has 0 saturated carbocycles. The van der Waals surface area contributed by atoms with Gasteiger partial charge in [0.15, 0.2) is 0 Å². The van der Waals surface area contributed by atoms with Gasteiger partial charge in [0.1, 0.15) is 29.0 Å². The van der Waals surface area contributed by atoms with Crippen molar-refractivity contribution in [2.24, 2.45) is 23.7 Å². The molecule has 5 aliphatic rings. The number of ether oxygens (including phenoxy) is 5. The van der Waals surface area contributed by atoms with Crippen LogP contribution in [0.3, 0.4) is 0 Å². The van der Waals surface area contributed by atoms with Gasteiger partial charge in [-0.1, -0.05) is 52.0 Å². The highest BCUT2D eigenvalue weighted by molar-refractivity contribution is 7.09. The van der Waals surface area contributed by atoms with Crippen LogP contribution < -0.4 is 15.4 Å². The molecule has 340 valence electrons. The molecule has 1 aromatic heterocycles. The Morgan fingerprint density at radius 1 is 0.984 bits per heavy atom. The van der Waals surface area contributed by atoms with Gasteiger partial charge in [-0.3, -0.25) is 19.2 Å². The number of methoxy groups -OCH3 is 1. The fourth-order valence-corrected chi connectivity index (χ4v) is 9.19. The fraction of sp³-hybridized carbons (Fsp3) is 0.500. The number of hydrogen-bond donors (Lipinski definition) is 5. The van der Waals surface area contributed by atoms with E-state index >= 15 is 0 Å². The van der Waals surface area contributed by atoms with Crippen molar-refractivity contribution in [2.45, 2.75) is 85.1 Å². The van der Waals surface area contributed by atoms with Crippen LogP contribution in [-0.2, 0) is 30.2 Å². The van der Waals surface area contributed by atoms with E-state index in [1.165, 1.54) is 46.3 Å². The van der Waals surface area contributed by atoms with Crippen molar-refractivity contribution < 1.29 is 63.0 Å². The second-order valence-electron chi connectivity index (χ2n) is 16.7. The van der Waals surface area contributed by atoms with Crippen LogP contribution in [0.1, 0.15) is 83.1 Å². The van der Waals surface area contributed by atoms with Crippen molar-refractivity contribution in [3.63, 3.8) is 0 Å². The third-order valence-electron chi connectivity index (χ3n) is 12.4. The van der Waals surface area contributed by atoms with Crippen molar-refractivity contribution >= 4 is 40.7 Å². The molecule has 63 heavy (non-hydrogen) atoms. The maximum Gasteiger partial charge on any atom is 0.407 e. The molecule has 17 heteroatoms. The van der Waals surface area contributed by atoms with Crippen molar-refractivity contribution in [1.29, 1.82) is 0 Å². The summed E-state index contributed by atoms with van der Waals surface area (Å²) in [6, 6.07) is 3.89. The smallest absolute Gasteiger partial charge is 0.407 e. The monoisotopic (exact) mass is 891 g/mol. The molecule has 1 aromatic carbocycles. The molecule has 16 nitrogen and oxygen atoms in total. The molecule has 1 fully saturated rings. The van der Waals surface area contributed by atoms with Crippen molar-refractivity contribution in [2.75, 3.05) is 40.0 Å². The lowest BCUT2D eigenvalue weighted by Crippen LogP contribution is -2.47. The predicted molar refractivity (Wildman–Crippen MR) is 231 cm³/mol. The van der Waals surface area contributed by atoms with Gasteiger partial charge >= 0.3 is 11.9 Å². The minimum atomic E-state index is -2.10. The first-order valence-corrected chi connectivity index (χ1v) is 22.0. The van der Waals surface area contributed by atoms with Gasteiger partial charge in [0.25, 0.3) is 11.7 Å². The van der Waals surface area contributed by atoms with Gasteiger partial charge in [0, 0.05) is 73.4 Å². The summed E-state index contributed by atoms with van der Waals surface area (Å²) >= 11 is 1.56. The standard InChI is InChI=1S/C46H57N3O13S/c1-23-11-9-12-24(2)44(56)48-34-35(49-17-20-59-21-18-49)40(54)31-32(39(34)53)38(52)28(6)42-33(31)43(55)46(7,62-42)60-19-15-30(58-8)25(3)41(27(5)37(51)26(4)36(23)50)61-45(57)47-16-14-29-13-10-22-63-29/h9-13,15,19,22-23,25-27,30,36-37,41,50-52H,14,16-18,20-21H2,1-8H3,(H,47,57)(H,48,56)/b11-9+,19-15+,24-12-/t23-,25+,26+,27+,30-,36-,37+,41+,46-/m0/s1. The number of nitrogens with one attached hydrogen (secondary N) is 2. The third kappa shape index (κ3) is 9.48. The van der Waals surface area contributed by atoms with E-state index in [-0.39, 0.29) is 65.7 Å². The normalized spacial score (nSPS) is 31.4. The number of phenolic OH excluding ortho intramolecular Hbond substituents is 1. The predicted octanol–water partition coefficient (Wildman–Crippen LogP) is 4.76. The number of hydrogen-bond acceptors (Lipinski definition) is 15. The van der Waals surface area contributed by atoms with Gasteiger partial charge in [-0.05, 0) is 37.8 Å². The van der Waals surface area contributed by atoms with Crippen LogP contribution in [-0.4, -0.2) is 120 Å². The summed E-state index contributed by atoms with van der Waals surface area (Å²) in [6.45, 7) is 12.3. The van der Waals surface area contributed by atoms with E-state index in [2.05, 4.69) is 10.6 Å². The Balaban J connectivity index is 1.41. The topological polar surface area (TPSA) is 219 Å². The summed E-state index contributed by atoms with van der Waals surface area (Å²) in [5, 5.41) is 42.2. The Hall–Kier alpha value is -5.33. The van der Waals surface area contributed by atoms with Gasteiger partial charge in [-0.15, -0.1) is 11.3 Å². The minimum absolute atomic E-state index is 0.00286. The number of Topliss-reactive ketones (excluding diaryl/α,β-unsaturated/α-hetero) is 3. The SMILES string of the molecule is CO[C@H]1/C=C/O[C@@]2(C)Oc3c(C)c(O)c4c(c3C2=O)C(=O)C(N2CCOCC2)=C(NC(=O)/C(C)=C\C=C\[C@H](C)[C@H](O)[C@@H](C)[C@@H](O)[C@@H](C)[C@H](OC(=O)NCCc2cccs2)[C@@H]1C)C4=O. The van der Waals surface area contributed by atoms with Gasteiger partial charge in [0.2, 0.25) is 11.6 Å². The van der Waals surface area contributed by atoms with E-state index in [0.717, 1.165) is 4.88 Å². The van der Waals surface area contributed by atoms with E-state index in [1.54, 1.807) is 56.1 Å². The second-order valence-corrected chi connectivity index (χ2v) is 17.7. The number of benzene rings is 1. The van der Waals surface area contributed by atoms with Crippen molar-refractivity contribution in [1.82, 2.24) is 15.5 Å². The number of alkyl carbamates (subject to hydrolysis) is 1. The van der Waals surface area contributed by atoms with Crippen molar-refractivity contribution in [3.05, 3.63) is 92.2 Å². The number of phenols is 1. The second kappa shape index (κ2) is 19.6. The van der Waals surface area contributed by atoms with Crippen molar-refractivity contribution in [3.8, 4) is 11.5 Å². The zero-order valence-corrected chi connectivity index (χ0v) is 37.6. The number of ketones is 3. The fourth-order valence-electron chi connectivity index (χ4n) is 8.48. The van der Waals surface area contributed by atoms with Crippen LogP contribution in [0.2, 0.25) is 0 Å². The van der Waals surface area contributed by atoms with Crippen LogP contribution in [0.4, 0.5) is 4.79 Å². The van der Waals surface area contributed by atoms with E-state index in [0.29, 0.717) is 13.0 Å². The zero-order valence-electron chi connectivity index (χ0n) is 36.8. The molecule has 5 heterocycles. The summed E-state index contributed by atoms with van der Waals surface area (Å²) in [4.78, 5) is 73.5. The quantitative estimate of drug-likeness (QED) is 0.264. The van der Waals surface area contributed by atoms with Crippen LogP contribution in [0.5, 0.6) is 11.5 Å². The molecule has 1 saturated heterocycles. The molecule has 1 aliphatic carbocycles. The molecule has 0 unspecified atom stereocenters. The highest BCUT2D eigenvalue weighted by Crippen LogP contribution is 2.49. The van der Waals surface area contributed by atoms with E-state index < -0.39 is 94.5 Å². The molecule has 0 spiro atoms. The molecule has 5 N–H and O–H groups in total. The first-order chi connectivity index (χ1) is 29.9. The summed E-state index contributed by atoms with van der Waals surface area (Å²) in [6.07, 6.45) is 3.13. The Morgan fingerprint density at radius 3 is 2.37 bits per heavy atom. The number of nitrogens with zero attached hydrogens (tertiary/aromatic N) is 1. The molecule has 5 bridgehead atoms. The highest BCUT2D eigenvalue weighted by Gasteiger charge is 2.53. The average molecular weight is 892 g/mol. The number of carbonyl (C=O) groups is 5. The molecule has 2 amide bonds. The first-order valence-electron chi connectivity index (χ1n) is 21.1. The average Bonchev–Trinajstić information content (AvgIpc) is 3.88. The van der Waals surface area contributed by atoms with E-state index in [1.807, 2.05) is 17.5 Å². The first kappa shape index (κ1) is 47.2. The molecule has 7 rings (SSSR count). The molecule has 4 aliphatic heterocycles. The third-order valence-corrected chi connectivity index (χ3v) is 13.4. The van der Waals surface area contributed by atoms with Gasteiger partial charge in [0.05, 0.1) is 54.5 Å². The Kier molecular flexibility index (Phi) is 14.7. The van der Waals surface area contributed by atoms with Crippen LogP contribution >= 0.6 is 11.3 Å². The van der Waals surface area contributed by atoms with Gasteiger partial charge in [-0.2, -0.15) is 0 Å². The van der Waals surface area contributed by atoms with Crippen LogP contribution in [0, 0.1) is 30.6 Å². The lowest BCUT2D eigenvalue weighted by Gasteiger charge is -2.38. The lowest BCUT2D eigenvalue weighted by molar-refractivity contribution is -0.116. The van der Waals surface area contributed by atoms with Gasteiger partial charge < -0.3 is 54.5 Å². The number of amides is 2. The lowest BCUT2D eigenvalue weighted by atomic mass is 9.78. The summed E-state index contributed by atoms with van der Waals surface area (Å²) in [7, 11) is 1.43. The van der Waals surface area contributed by atoms with E-state index in [4.69, 9.17) is 23.7 Å². The summed E-state index contributed by atoms with van der Waals surface area (Å²) in [5.74, 6) is -8.74. The number of aliphatic hydroxyl groups is 2. The maximum atomic E-state index is 14.8. The number of aliphatic hydroxyl groups excluding tert-OH is 2. The highest BCUT2D eigenvalue weighted by atomic mass is 32.1. The largest absolute Gasteiger partial charge is 0.507 e. The molecule has 2 aromatic rings. The number of fused-ring (bicyclic) bond motifs is 14. The Morgan fingerprint density at radius 2 is 1.70 bits per heavy atom. The molecule has 9 atom stereocenters.